The highest BCUT2D eigenvalue weighted by atomic mass is 16.6. The Balaban J connectivity index is 0.000000176. The number of hydrogen-bond donors (Lipinski definition) is 2. The van der Waals surface area contributed by atoms with Crippen molar-refractivity contribution in [2.45, 2.75) is 70.4 Å². The van der Waals surface area contributed by atoms with Crippen molar-refractivity contribution >= 4 is 24.0 Å². The zero-order chi connectivity index (χ0) is 21.9. The Bertz CT molecular complexity index is 725. The quantitative estimate of drug-likeness (QED) is 0.531. The normalized spacial score (nSPS) is 37.6. The molecule has 0 spiro atoms. The first kappa shape index (κ1) is 21.4. The summed E-state index contributed by atoms with van der Waals surface area (Å²) < 4.78 is 14.5. The molecule has 0 aliphatic heterocycles. The highest BCUT2D eigenvalue weighted by Gasteiger charge is 2.76. The molecule has 0 aromatic heterocycles. The standard InChI is InChI=1S/C12H19NO4.C8H10O4/c1-10(2,3)17-9(15)13-12-5-11(6-12,7-12)8(14)16-4;1-12-6(11)8-2-7(3-8,4-8)5(9)10/h5-7H2,1-4H3,(H,13,15);2-4H2,1H3,(H,9,10). The fraction of sp³-hybridized carbons (Fsp3) is 0.800. The lowest BCUT2D eigenvalue weighted by atomic mass is 9.35. The van der Waals surface area contributed by atoms with Crippen LogP contribution in [0, 0.1) is 16.2 Å². The number of carboxylic acid groups (broad SMARTS) is 1. The highest BCUT2D eigenvalue weighted by molar-refractivity contribution is 5.90. The molecule has 6 aliphatic carbocycles. The summed E-state index contributed by atoms with van der Waals surface area (Å²) in [4.78, 5) is 44.8. The van der Waals surface area contributed by atoms with Gasteiger partial charge in [-0.1, -0.05) is 0 Å². The molecule has 0 heterocycles. The van der Waals surface area contributed by atoms with E-state index in [2.05, 4.69) is 10.1 Å². The van der Waals surface area contributed by atoms with Gasteiger partial charge in [0.25, 0.3) is 0 Å². The number of rotatable bonds is 4. The summed E-state index contributed by atoms with van der Waals surface area (Å²) >= 11 is 0. The summed E-state index contributed by atoms with van der Waals surface area (Å²) in [6.07, 6.45) is 3.03. The van der Waals surface area contributed by atoms with E-state index in [1.165, 1.54) is 14.2 Å². The van der Waals surface area contributed by atoms with E-state index in [-0.39, 0.29) is 22.9 Å². The zero-order valence-electron chi connectivity index (χ0n) is 17.5. The van der Waals surface area contributed by atoms with Gasteiger partial charge in [0.15, 0.2) is 0 Å². The van der Waals surface area contributed by atoms with Crippen molar-refractivity contribution in [2.75, 3.05) is 14.2 Å². The van der Waals surface area contributed by atoms with Gasteiger partial charge in [-0.25, -0.2) is 4.79 Å². The number of ether oxygens (including phenoxy) is 3. The Kier molecular flexibility index (Phi) is 4.67. The van der Waals surface area contributed by atoms with Gasteiger partial charge in [-0.3, -0.25) is 14.4 Å². The predicted molar refractivity (Wildman–Crippen MR) is 98.8 cm³/mol. The van der Waals surface area contributed by atoms with Gasteiger partial charge in [-0.15, -0.1) is 0 Å². The van der Waals surface area contributed by atoms with Crippen LogP contribution in [0.15, 0.2) is 0 Å². The van der Waals surface area contributed by atoms with Crippen molar-refractivity contribution in [1.29, 1.82) is 0 Å². The number of carbonyl (C=O) groups excluding carboxylic acids is 3. The molecule has 0 radical (unpaired) electrons. The molecule has 6 saturated carbocycles. The van der Waals surface area contributed by atoms with Crippen LogP contribution in [-0.2, 0) is 28.6 Å². The van der Waals surface area contributed by atoms with Crippen molar-refractivity contribution in [3.8, 4) is 0 Å². The van der Waals surface area contributed by atoms with E-state index in [0.29, 0.717) is 38.5 Å². The third kappa shape index (κ3) is 3.34. The van der Waals surface area contributed by atoms with Gasteiger partial charge in [-0.05, 0) is 59.3 Å². The molecule has 0 aromatic rings. The second-order valence-corrected chi connectivity index (χ2v) is 10.1. The number of esters is 2. The van der Waals surface area contributed by atoms with E-state index in [0.717, 1.165) is 0 Å². The topological polar surface area (TPSA) is 128 Å². The van der Waals surface area contributed by atoms with E-state index in [4.69, 9.17) is 14.6 Å². The summed E-state index contributed by atoms with van der Waals surface area (Å²) in [5.74, 6) is -1.18. The Hall–Kier alpha value is -2.32. The van der Waals surface area contributed by atoms with Gasteiger partial charge in [0.2, 0.25) is 0 Å². The number of hydrogen-bond acceptors (Lipinski definition) is 7. The molecule has 0 unspecified atom stereocenters. The number of amides is 1. The Morgan fingerprint density at radius 3 is 1.55 bits per heavy atom. The van der Waals surface area contributed by atoms with Crippen molar-refractivity contribution in [3.05, 3.63) is 0 Å². The van der Waals surface area contributed by atoms with Crippen LogP contribution in [0.5, 0.6) is 0 Å². The molecule has 6 rings (SSSR count). The van der Waals surface area contributed by atoms with Gasteiger partial charge < -0.3 is 24.6 Å². The SMILES string of the molecule is COC(=O)C12CC(C(=O)O)(C1)C2.COC(=O)C12CC(NC(=O)OC(C)(C)C)(C1)C2. The molecule has 0 aromatic carbocycles. The van der Waals surface area contributed by atoms with Crippen LogP contribution in [0.25, 0.3) is 0 Å². The zero-order valence-corrected chi connectivity index (χ0v) is 17.5. The van der Waals surface area contributed by atoms with Gasteiger partial charge in [0.1, 0.15) is 5.60 Å². The maximum Gasteiger partial charge on any atom is 0.408 e. The van der Waals surface area contributed by atoms with E-state index in [9.17, 15) is 19.2 Å². The fourth-order valence-corrected chi connectivity index (χ4v) is 5.32. The monoisotopic (exact) mass is 411 g/mol. The first-order chi connectivity index (χ1) is 13.2. The van der Waals surface area contributed by atoms with E-state index in [1.807, 2.05) is 20.8 Å². The number of carboxylic acids is 1. The fourth-order valence-electron chi connectivity index (χ4n) is 5.32. The number of alkyl carbamates (subject to hydrolysis) is 1. The van der Waals surface area contributed by atoms with Crippen LogP contribution in [0.4, 0.5) is 4.79 Å². The number of methoxy groups -OCH3 is 2. The lowest BCUT2D eigenvalue weighted by Gasteiger charge is -2.67. The third-order valence-corrected chi connectivity index (χ3v) is 6.52. The maximum atomic E-state index is 11.6. The minimum absolute atomic E-state index is 0.162. The Labute approximate surface area is 169 Å². The largest absolute Gasteiger partial charge is 0.481 e. The average Bonchev–Trinajstić information content (AvgIpc) is 2.44. The van der Waals surface area contributed by atoms with Crippen LogP contribution in [-0.4, -0.2) is 54.5 Å². The molecule has 1 amide bonds. The van der Waals surface area contributed by atoms with Crippen LogP contribution in [0.3, 0.4) is 0 Å². The van der Waals surface area contributed by atoms with Gasteiger partial charge in [-0.2, -0.15) is 0 Å². The number of nitrogens with one attached hydrogen (secondary N) is 1. The molecular weight excluding hydrogens is 382 g/mol. The van der Waals surface area contributed by atoms with Crippen molar-refractivity contribution in [1.82, 2.24) is 5.32 Å². The highest BCUT2D eigenvalue weighted by Crippen LogP contribution is 2.73. The molecule has 0 atom stereocenters. The summed E-state index contributed by atoms with van der Waals surface area (Å²) in [6, 6.07) is 0. The summed E-state index contributed by atoms with van der Waals surface area (Å²) in [5.41, 5.74) is -2.05. The summed E-state index contributed by atoms with van der Waals surface area (Å²) in [6.45, 7) is 5.47. The Morgan fingerprint density at radius 2 is 1.21 bits per heavy atom. The average molecular weight is 411 g/mol. The third-order valence-electron chi connectivity index (χ3n) is 6.52. The minimum atomic E-state index is -0.770. The van der Waals surface area contributed by atoms with Gasteiger partial charge in [0.05, 0.1) is 30.5 Å². The smallest absolute Gasteiger partial charge is 0.408 e. The molecule has 6 aliphatic rings. The Morgan fingerprint density at radius 1 is 0.793 bits per heavy atom. The number of carbonyl (C=O) groups is 4. The minimum Gasteiger partial charge on any atom is -0.481 e. The number of aliphatic carboxylic acids is 1. The van der Waals surface area contributed by atoms with E-state index < -0.39 is 28.5 Å². The van der Waals surface area contributed by atoms with Crippen molar-refractivity contribution < 1.29 is 38.5 Å². The molecule has 2 N–H and O–H groups in total. The van der Waals surface area contributed by atoms with Gasteiger partial charge >= 0.3 is 24.0 Å². The van der Waals surface area contributed by atoms with Crippen molar-refractivity contribution in [3.63, 3.8) is 0 Å². The molecule has 162 valence electrons. The maximum absolute atomic E-state index is 11.6. The first-order valence-corrected chi connectivity index (χ1v) is 9.67. The summed E-state index contributed by atoms with van der Waals surface area (Å²) in [7, 11) is 2.74. The first-order valence-electron chi connectivity index (χ1n) is 9.67. The van der Waals surface area contributed by atoms with Crippen molar-refractivity contribution in [2.24, 2.45) is 16.2 Å². The summed E-state index contributed by atoms with van der Waals surface area (Å²) in [5, 5.41) is 11.6. The van der Waals surface area contributed by atoms with Crippen LogP contribution < -0.4 is 5.32 Å². The molecule has 6 fully saturated rings. The lowest BCUT2D eigenvalue weighted by Crippen LogP contribution is -2.77. The van der Waals surface area contributed by atoms with Gasteiger partial charge in [0, 0.05) is 5.54 Å². The molecule has 29 heavy (non-hydrogen) atoms. The van der Waals surface area contributed by atoms with Crippen LogP contribution in [0.1, 0.15) is 59.3 Å². The molecule has 9 nitrogen and oxygen atoms in total. The second kappa shape index (κ2) is 6.34. The molecule has 4 bridgehead atoms. The molecule has 0 saturated heterocycles. The van der Waals surface area contributed by atoms with Crippen LogP contribution >= 0.6 is 0 Å². The molecular formula is C20H29NO8. The second-order valence-electron chi connectivity index (χ2n) is 10.1. The van der Waals surface area contributed by atoms with Crippen LogP contribution in [0.2, 0.25) is 0 Å². The van der Waals surface area contributed by atoms with E-state index >= 15 is 0 Å². The lowest BCUT2D eigenvalue weighted by molar-refractivity contribution is -0.232. The predicted octanol–water partition coefficient (Wildman–Crippen LogP) is 2.02. The van der Waals surface area contributed by atoms with E-state index in [1.54, 1.807) is 0 Å². The molecule has 9 heteroatoms.